The summed E-state index contributed by atoms with van der Waals surface area (Å²) in [5, 5.41) is 11.8. The Labute approximate surface area is 101 Å². The van der Waals surface area contributed by atoms with E-state index < -0.39 is 0 Å². The van der Waals surface area contributed by atoms with Crippen molar-refractivity contribution in [3.05, 3.63) is 6.33 Å². The summed E-state index contributed by atoms with van der Waals surface area (Å²) in [5.41, 5.74) is 6.30. The number of ether oxygens (including phenoxy) is 1. The molecule has 0 atom stereocenters. The van der Waals surface area contributed by atoms with E-state index in [1.807, 2.05) is 6.92 Å². The maximum atomic E-state index is 8.64. The molecule has 96 valence electrons. The zero-order valence-electron chi connectivity index (χ0n) is 10.1. The van der Waals surface area contributed by atoms with Gasteiger partial charge in [-0.3, -0.25) is 0 Å². The molecular formula is C11H20N4O2. The summed E-state index contributed by atoms with van der Waals surface area (Å²) >= 11 is 0. The minimum absolute atomic E-state index is 0.240. The zero-order valence-corrected chi connectivity index (χ0v) is 10.1. The van der Waals surface area contributed by atoms with Gasteiger partial charge < -0.3 is 20.9 Å². The van der Waals surface area contributed by atoms with E-state index in [0.29, 0.717) is 24.0 Å². The highest BCUT2D eigenvalue weighted by molar-refractivity contribution is 5.66. The highest BCUT2D eigenvalue weighted by Gasteiger charge is 2.07. The molecule has 6 nitrogen and oxygen atoms in total. The lowest BCUT2D eigenvalue weighted by Gasteiger charge is -2.10. The molecule has 1 rings (SSSR count). The summed E-state index contributed by atoms with van der Waals surface area (Å²) in [5.74, 6) is 1.02. The van der Waals surface area contributed by atoms with Gasteiger partial charge in [0.25, 0.3) is 0 Å². The van der Waals surface area contributed by atoms with Crippen LogP contribution < -0.4 is 15.8 Å². The Bertz CT molecular complexity index is 333. The number of rotatable bonds is 8. The number of nitrogens with zero attached hydrogens (tertiary/aromatic N) is 2. The monoisotopic (exact) mass is 240 g/mol. The van der Waals surface area contributed by atoms with E-state index >= 15 is 0 Å². The Morgan fingerprint density at radius 1 is 1.35 bits per heavy atom. The van der Waals surface area contributed by atoms with E-state index in [9.17, 15) is 0 Å². The second kappa shape index (κ2) is 7.67. The number of aliphatic hydroxyl groups excluding tert-OH is 1. The number of aromatic nitrogens is 2. The molecule has 0 aromatic carbocycles. The number of nitrogen functional groups attached to an aromatic ring is 1. The molecule has 17 heavy (non-hydrogen) atoms. The Hall–Kier alpha value is -1.56. The van der Waals surface area contributed by atoms with Crippen molar-refractivity contribution in [2.24, 2.45) is 0 Å². The number of anilines is 2. The normalized spacial score (nSPS) is 10.2. The summed E-state index contributed by atoms with van der Waals surface area (Å²) in [6.07, 6.45) is 4.20. The summed E-state index contributed by atoms with van der Waals surface area (Å²) in [6, 6.07) is 0. The standard InChI is InChI=1S/C11H20N4O2/c1-2-17-11-9(12)10(14-8-15-11)13-6-4-3-5-7-16/h8,16H,2-7,12H2,1H3,(H,13,14,15). The zero-order chi connectivity index (χ0) is 12.5. The highest BCUT2D eigenvalue weighted by atomic mass is 16.5. The lowest BCUT2D eigenvalue weighted by Crippen LogP contribution is -2.09. The number of hydrogen-bond donors (Lipinski definition) is 3. The summed E-state index contributed by atoms with van der Waals surface area (Å²) in [4.78, 5) is 8.02. The molecule has 1 aromatic rings. The first-order chi connectivity index (χ1) is 8.29. The van der Waals surface area contributed by atoms with Crippen molar-refractivity contribution in [2.45, 2.75) is 26.2 Å². The van der Waals surface area contributed by atoms with Gasteiger partial charge in [0.1, 0.15) is 12.0 Å². The average Bonchev–Trinajstić information content (AvgIpc) is 2.33. The molecule has 6 heteroatoms. The van der Waals surface area contributed by atoms with Crippen LogP contribution in [0.3, 0.4) is 0 Å². The molecule has 0 radical (unpaired) electrons. The van der Waals surface area contributed by atoms with Crippen molar-refractivity contribution in [2.75, 3.05) is 30.8 Å². The minimum Gasteiger partial charge on any atom is -0.476 e. The van der Waals surface area contributed by atoms with Crippen molar-refractivity contribution in [1.82, 2.24) is 9.97 Å². The summed E-state index contributed by atoms with van der Waals surface area (Å²) in [6.45, 7) is 3.41. The molecule has 0 amide bonds. The van der Waals surface area contributed by atoms with Gasteiger partial charge >= 0.3 is 0 Å². The number of aliphatic hydroxyl groups is 1. The first kappa shape index (κ1) is 13.5. The smallest absolute Gasteiger partial charge is 0.242 e. The van der Waals surface area contributed by atoms with Gasteiger partial charge in [0.2, 0.25) is 5.88 Å². The van der Waals surface area contributed by atoms with Gasteiger partial charge in [-0.15, -0.1) is 0 Å². The Kier molecular flexibility index (Phi) is 6.09. The quantitative estimate of drug-likeness (QED) is 0.588. The molecule has 1 aromatic heterocycles. The van der Waals surface area contributed by atoms with E-state index in [1.165, 1.54) is 6.33 Å². The molecule has 0 aliphatic rings. The van der Waals surface area contributed by atoms with E-state index in [-0.39, 0.29) is 6.61 Å². The third-order valence-electron chi connectivity index (χ3n) is 2.26. The van der Waals surface area contributed by atoms with Gasteiger partial charge in [-0.05, 0) is 26.2 Å². The van der Waals surface area contributed by atoms with Crippen molar-refractivity contribution < 1.29 is 9.84 Å². The summed E-state index contributed by atoms with van der Waals surface area (Å²) < 4.78 is 5.27. The number of hydrogen-bond acceptors (Lipinski definition) is 6. The van der Waals surface area contributed by atoms with Gasteiger partial charge in [0.15, 0.2) is 5.82 Å². The van der Waals surface area contributed by atoms with Gasteiger partial charge in [0, 0.05) is 13.2 Å². The van der Waals surface area contributed by atoms with Crippen LogP contribution in [-0.2, 0) is 0 Å². The van der Waals surface area contributed by atoms with Crippen LogP contribution >= 0.6 is 0 Å². The second-order valence-corrected chi connectivity index (χ2v) is 3.59. The van der Waals surface area contributed by atoms with Crippen LogP contribution in [0.4, 0.5) is 11.5 Å². The molecular weight excluding hydrogens is 220 g/mol. The molecule has 0 bridgehead atoms. The fraction of sp³-hybridized carbons (Fsp3) is 0.636. The Morgan fingerprint density at radius 3 is 2.88 bits per heavy atom. The molecule has 0 aliphatic carbocycles. The van der Waals surface area contributed by atoms with Crippen molar-refractivity contribution in [3.63, 3.8) is 0 Å². The van der Waals surface area contributed by atoms with Crippen LogP contribution in [0.1, 0.15) is 26.2 Å². The van der Waals surface area contributed by atoms with Crippen LogP contribution in [-0.4, -0.2) is 34.8 Å². The maximum absolute atomic E-state index is 8.64. The molecule has 0 aliphatic heterocycles. The van der Waals surface area contributed by atoms with Crippen LogP contribution in [0.25, 0.3) is 0 Å². The molecule has 0 unspecified atom stereocenters. The van der Waals surface area contributed by atoms with Crippen molar-refractivity contribution >= 4 is 11.5 Å². The van der Waals surface area contributed by atoms with Crippen molar-refractivity contribution in [3.8, 4) is 5.88 Å². The number of nitrogens with one attached hydrogen (secondary N) is 1. The van der Waals surface area contributed by atoms with Crippen LogP contribution in [0.5, 0.6) is 5.88 Å². The second-order valence-electron chi connectivity index (χ2n) is 3.59. The van der Waals surface area contributed by atoms with Gasteiger partial charge in [-0.25, -0.2) is 4.98 Å². The molecule has 0 saturated heterocycles. The van der Waals surface area contributed by atoms with Gasteiger partial charge in [-0.1, -0.05) is 0 Å². The first-order valence-corrected chi connectivity index (χ1v) is 5.87. The van der Waals surface area contributed by atoms with E-state index in [0.717, 1.165) is 25.8 Å². The van der Waals surface area contributed by atoms with E-state index in [1.54, 1.807) is 0 Å². The van der Waals surface area contributed by atoms with Crippen molar-refractivity contribution in [1.29, 1.82) is 0 Å². The predicted octanol–water partition coefficient (Wildman–Crippen LogP) is 1.03. The number of nitrogens with two attached hydrogens (primary N) is 1. The largest absolute Gasteiger partial charge is 0.476 e. The fourth-order valence-corrected chi connectivity index (χ4v) is 1.39. The Balaban J connectivity index is 2.44. The first-order valence-electron chi connectivity index (χ1n) is 5.87. The SMILES string of the molecule is CCOc1ncnc(NCCCCCO)c1N. The van der Waals surface area contributed by atoms with Crippen LogP contribution in [0.15, 0.2) is 6.33 Å². The third-order valence-corrected chi connectivity index (χ3v) is 2.26. The van der Waals surface area contributed by atoms with Gasteiger partial charge in [-0.2, -0.15) is 4.98 Å². The van der Waals surface area contributed by atoms with Crippen LogP contribution in [0.2, 0.25) is 0 Å². The molecule has 0 saturated carbocycles. The summed E-state index contributed by atoms with van der Waals surface area (Å²) in [7, 11) is 0. The van der Waals surface area contributed by atoms with Gasteiger partial charge in [0.05, 0.1) is 6.61 Å². The average molecular weight is 240 g/mol. The predicted molar refractivity (Wildman–Crippen MR) is 67.0 cm³/mol. The molecule has 0 spiro atoms. The highest BCUT2D eigenvalue weighted by Crippen LogP contribution is 2.24. The van der Waals surface area contributed by atoms with E-state index in [4.69, 9.17) is 15.6 Å². The van der Waals surface area contributed by atoms with E-state index in [2.05, 4.69) is 15.3 Å². The maximum Gasteiger partial charge on any atom is 0.242 e. The molecule has 4 N–H and O–H groups in total. The molecule has 0 fully saturated rings. The molecule has 1 heterocycles. The number of unbranched alkanes of at least 4 members (excludes halogenated alkanes) is 2. The third kappa shape index (κ3) is 4.44. The van der Waals surface area contributed by atoms with Crippen LogP contribution in [0, 0.1) is 0 Å². The Morgan fingerprint density at radius 2 is 2.18 bits per heavy atom. The lowest BCUT2D eigenvalue weighted by molar-refractivity contribution is 0.283. The topological polar surface area (TPSA) is 93.3 Å². The fourth-order valence-electron chi connectivity index (χ4n) is 1.39. The minimum atomic E-state index is 0.240. The lowest BCUT2D eigenvalue weighted by atomic mass is 10.2.